The van der Waals surface area contributed by atoms with Crippen LogP contribution in [0.2, 0.25) is 0 Å². The number of hydrogen-bond acceptors (Lipinski definition) is 6. The molecule has 0 fully saturated rings. The maximum Gasteiger partial charge on any atom is 0.262 e. The van der Waals surface area contributed by atoms with Gasteiger partial charge in [0, 0.05) is 16.0 Å². The van der Waals surface area contributed by atoms with Gasteiger partial charge in [-0.15, -0.1) is 11.3 Å². The van der Waals surface area contributed by atoms with Crippen LogP contribution in [-0.4, -0.2) is 34.7 Å². The number of hydrogen-bond donors (Lipinski definition) is 2. The highest BCUT2D eigenvalue weighted by Crippen LogP contribution is 2.44. The van der Waals surface area contributed by atoms with Crippen LogP contribution in [0.4, 0.5) is 5.00 Å². The molecule has 3 amide bonds. The predicted octanol–water partition coefficient (Wildman–Crippen LogP) is 3.01. The summed E-state index contributed by atoms with van der Waals surface area (Å²) in [7, 11) is 0. The largest absolute Gasteiger partial charge is 0.315 e. The first kappa shape index (κ1) is 20.3. The van der Waals surface area contributed by atoms with Crippen molar-refractivity contribution in [2.75, 3.05) is 11.9 Å². The number of carbonyl (C=O) groups is 3. The summed E-state index contributed by atoms with van der Waals surface area (Å²) in [6, 6.07) is 8.74. The summed E-state index contributed by atoms with van der Waals surface area (Å²) in [6.45, 7) is 7.87. The lowest BCUT2D eigenvalue weighted by atomic mass is 9.81. The molecule has 0 atom stereocenters. The predicted molar refractivity (Wildman–Crippen MR) is 113 cm³/mol. The Morgan fingerprint density at radius 3 is 2.37 bits per heavy atom. The Hall–Kier alpha value is -3.02. The molecule has 0 bridgehead atoms. The minimum absolute atomic E-state index is 0.190. The molecule has 30 heavy (non-hydrogen) atoms. The van der Waals surface area contributed by atoms with Crippen LogP contribution < -0.4 is 10.6 Å². The van der Waals surface area contributed by atoms with E-state index in [2.05, 4.69) is 44.4 Å². The van der Waals surface area contributed by atoms with Crippen LogP contribution in [0.1, 0.15) is 64.4 Å². The van der Waals surface area contributed by atoms with Gasteiger partial charge in [-0.2, -0.15) is 5.26 Å². The Bertz CT molecular complexity index is 1100. The topological polar surface area (TPSA) is 102 Å². The lowest BCUT2D eigenvalue weighted by Gasteiger charge is -2.42. The van der Waals surface area contributed by atoms with E-state index in [0.29, 0.717) is 28.1 Å². The summed E-state index contributed by atoms with van der Waals surface area (Å²) in [4.78, 5) is 39.7. The molecule has 0 aliphatic carbocycles. The van der Waals surface area contributed by atoms with Gasteiger partial charge in [0.1, 0.15) is 17.6 Å². The summed E-state index contributed by atoms with van der Waals surface area (Å²) in [5, 5.41) is 16.6. The van der Waals surface area contributed by atoms with Gasteiger partial charge in [-0.05, 0) is 51.8 Å². The van der Waals surface area contributed by atoms with E-state index in [4.69, 9.17) is 0 Å². The average Bonchev–Trinajstić information content (AvgIpc) is 3.11. The third-order valence-electron chi connectivity index (χ3n) is 5.39. The molecule has 1 aromatic heterocycles. The highest BCUT2D eigenvalue weighted by molar-refractivity contribution is 7.17. The number of benzene rings is 1. The minimum Gasteiger partial charge on any atom is -0.315 e. The Balaban J connectivity index is 1.59. The number of imide groups is 1. The molecule has 154 valence electrons. The second-order valence-corrected chi connectivity index (χ2v) is 9.85. The van der Waals surface area contributed by atoms with Crippen LogP contribution in [0.3, 0.4) is 0 Å². The first-order valence-electron chi connectivity index (χ1n) is 9.65. The fourth-order valence-corrected chi connectivity index (χ4v) is 5.67. The van der Waals surface area contributed by atoms with Crippen molar-refractivity contribution in [1.29, 1.82) is 5.26 Å². The third kappa shape index (κ3) is 3.20. The summed E-state index contributed by atoms with van der Waals surface area (Å²) in [6.07, 6.45) is 0.666. The summed E-state index contributed by atoms with van der Waals surface area (Å²) >= 11 is 1.36. The number of carbonyl (C=O) groups excluding carboxylic acids is 3. The van der Waals surface area contributed by atoms with Crippen molar-refractivity contribution in [1.82, 2.24) is 10.2 Å². The van der Waals surface area contributed by atoms with Crippen LogP contribution in [0.5, 0.6) is 0 Å². The Morgan fingerprint density at radius 1 is 1.20 bits per heavy atom. The van der Waals surface area contributed by atoms with E-state index in [1.807, 2.05) is 0 Å². The van der Waals surface area contributed by atoms with E-state index in [9.17, 15) is 19.6 Å². The smallest absolute Gasteiger partial charge is 0.262 e. The number of nitriles is 1. The van der Waals surface area contributed by atoms with Crippen LogP contribution in [-0.2, 0) is 16.8 Å². The number of fused-ring (bicyclic) bond motifs is 2. The molecule has 0 unspecified atom stereocenters. The van der Waals surface area contributed by atoms with Crippen LogP contribution in [0.15, 0.2) is 24.3 Å². The van der Waals surface area contributed by atoms with Gasteiger partial charge < -0.3 is 10.6 Å². The molecule has 0 spiro atoms. The number of anilines is 1. The van der Waals surface area contributed by atoms with Crippen LogP contribution >= 0.6 is 11.3 Å². The zero-order valence-corrected chi connectivity index (χ0v) is 18.1. The molecule has 2 aromatic rings. The zero-order valence-electron chi connectivity index (χ0n) is 17.3. The molecule has 8 heteroatoms. The standard InChI is InChI=1S/C22H22N4O3S/c1-21(2)9-14-15(10-23)18(30-17(14)22(3,4)25-21)24-16(27)11-26-19(28)12-7-5-6-8-13(12)20(26)29/h5-8,25H,9,11H2,1-4H3,(H,24,27). The maximum atomic E-state index is 12.7. The molecular weight excluding hydrogens is 400 g/mol. The molecule has 2 aliphatic rings. The van der Waals surface area contributed by atoms with E-state index >= 15 is 0 Å². The first-order valence-corrected chi connectivity index (χ1v) is 10.5. The number of nitrogens with one attached hydrogen (secondary N) is 2. The lowest BCUT2D eigenvalue weighted by molar-refractivity contribution is -0.116. The van der Waals surface area contributed by atoms with Gasteiger partial charge in [0.05, 0.1) is 16.7 Å². The number of thiophene rings is 1. The molecule has 3 heterocycles. The first-order chi connectivity index (χ1) is 14.0. The van der Waals surface area contributed by atoms with E-state index in [1.165, 1.54) is 11.3 Å². The van der Waals surface area contributed by atoms with Gasteiger partial charge in [-0.1, -0.05) is 12.1 Å². The van der Waals surface area contributed by atoms with Gasteiger partial charge in [0.2, 0.25) is 5.91 Å². The van der Waals surface area contributed by atoms with E-state index < -0.39 is 24.3 Å². The Kier molecular flexibility index (Phi) is 4.56. The molecule has 1 aromatic carbocycles. The SMILES string of the molecule is CC1(C)Cc2c(sc(NC(=O)CN3C(=O)c4ccccc4C3=O)c2C#N)C(C)(C)N1. The number of nitrogens with zero attached hydrogens (tertiary/aromatic N) is 2. The second kappa shape index (κ2) is 6.76. The monoisotopic (exact) mass is 422 g/mol. The molecule has 0 radical (unpaired) electrons. The fraction of sp³-hybridized carbons (Fsp3) is 0.364. The molecule has 0 saturated heterocycles. The molecule has 2 aliphatic heterocycles. The van der Waals surface area contributed by atoms with Gasteiger partial charge in [0.25, 0.3) is 11.8 Å². The summed E-state index contributed by atoms with van der Waals surface area (Å²) in [5.74, 6) is -1.47. The molecular formula is C22H22N4O3S. The number of rotatable bonds is 3. The normalized spacial score (nSPS) is 18.6. The second-order valence-electron chi connectivity index (χ2n) is 8.83. The van der Waals surface area contributed by atoms with Gasteiger partial charge in [-0.25, -0.2) is 0 Å². The third-order valence-corrected chi connectivity index (χ3v) is 6.86. The molecule has 4 rings (SSSR count). The molecule has 0 saturated carbocycles. The van der Waals surface area contributed by atoms with Crippen LogP contribution in [0.25, 0.3) is 0 Å². The molecule has 2 N–H and O–H groups in total. The lowest BCUT2D eigenvalue weighted by Crippen LogP contribution is -2.54. The zero-order chi connectivity index (χ0) is 21.8. The quantitative estimate of drug-likeness (QED) is 0.741. The van der Waals surface area contributed by atoms with Crippen molar-refractivity contribution in [3.05, 3.63) is 51.4 Å². The molecule has 7 nitrogen and oxygen atoms in total. The Labute approximate surface area is 178 Å². The van der Waals surface area contributed by atoms with Gasteiger partial charge in [0.15, 0.2) is 0 Å². The highest BCUT2D eigenvalue weighted by atomic mass is 32.1. The average molecular weight is 423 g/mol. The Morgan fingerprint density at radius 2 is 1.80 bits per heavy atom. The van der Waals surface area contributed by atoms with Crippen LogP contribution in [0, 0.1) is 11.3 Å². The summed E-state index contributed by atoms with van der Waals surface area (Å²) < 4.78 is 0. The van der Waals surface area contributed by atoms with E-state index in [0.717, 1.165) is 15.3 Å². The van der Waals surface area contributed by atoms with Crippen molar-refractivity contribution >= 4 is 34.1 Å². The van der Waals surface area contributed by atoms with E-state index in [1.54, 1.807) is 24.3 Å². The van der Waals surface area contributed by atoms with Crippen molar-refractivity contribution in [2.24, 2.45) is 0 Å². The maximum absolute atomic E-state index is 12.7. The fourth-order valence-electron chi connectivity index (χ4n) is 4.43. The van der Waals surface area contributed by atoms with Gasteiger partial charge >= 0.3 is 0 Å². The van der Waals surface area contributed by atoms with Crippen molar-refractivity contribution in [3.8, 4) is 6.07 Å². The van der Waals surface area contributed by atoms with E-state index in [-0.39, 0.29) is 11.1 Å². The number of amides is 3. The van der Waals surface area contributed by atoms with Crippen molar-refractivity contribution < 1.29 is 14.4 Å². The highest BCUT2D eigenvalue weighted by Gasteiger charge is 2.41. The van der Waals surface area contributed by atoms with Crippen molar-refractivity contribution in [3.63, 3.8) is 0 Å². The van der Waals surface area contributed by atoms with Crippen molar-refractivity contribution in [2.45, 2.75) is 45.2 Å². The summed E-state index contributed by atoms with van der Waals surface area (Å²) in [5.41, 5.74) is 1.45. The van der Waals surface area contributed by atoms with Gasteiger partial charge in [-0.3, -0.25) is 19.3 Å². The minimum atomic E-state index is -0.510.